The van der Waals surface area contributed by atoms with Gasteiger partial charge in [0.2, 0.25) is 10.0 Å². The molecule has 106 valence electrons. The van der Waals surface area contributed by atoms with E-state index in [0.29, 0.717) is 19.4 Å². The fraction of sp³-hybridized carbons (Fsp3) is 0.833. The molecule has 2 aliphatic rings. The Labute approximate surface area is 113 Å². The van der Waals surface area contributed by atoms with Gasteiger partial charge in [0, 0.05) is 19.5 Å². The highest BCUT2D eigenvalue weighted by molar-refractivity contribution is 7.89. The van der Waals surface area contributed by atoms with Crippen LogP contribution in [-0.4, -0.2) is 42.6 Å². The van der Waals surface area contributed by atoms with Gasteiger partial charge in [-0.1, -0.05) is 0 Å². The van der Waals surface area contributed by atoms with Gasteiger partial charge in [0.1, 0.15) is 0 Å². The zero-order valence-corrected chi connectivity index (χ0v) is 11.5. The van der Waals surface area contributed by atoms with Crippen molar-refractivity contribution in [3.63, 3.8) is 0 Å². The molecule has 2 fully saturated rings. The van der Waals surface area contributed by atoms with E-state index >= 15 is 0 Å². The van der Waals surface area contributed by atoms with Gasteiger partial charge < -0.3 is 5.11 Å². The van der Waals surface area contributed by atoms with E-state index in [1.807, 2.05) is 6.07 Å². The predicted molar refractivity (Wildman–Crippen MR) is 67.6 cm³/mol. The Morgan fingerprint density at radius 3 is 2.68 bits per heavy atom. The molecule has 1 aliphatic heterocycles. The maximum absolute atomic E-state index is 12.3. The molecule has 7 heteroatoms. The van der Waals surface area contributed by atoms with E-state index in [1.54, 1.807) is 0 Å². The second-order valence-electron chi connectivity index (χ2n) is 5.63. The van der Waals surface area contributed by atoms with Gasteiger partial charge in [0.15, 0.2) is 0 Å². The van der Waals surface area contributed by atoms with Crippen LogP contribution in [0.5, 0.6) is 0 Å². The lowest BCUT2D eigenvalue weighted by molar-refractivity contribution is -0.142. The third-order valence-corrected chi connectivity index (χ3v) is 6.12. The molecule has 1 aliphatic carbocycles. The quantitative estimate of drug-likeness (QED) is 0.806. The summed E-state index contributed by atoms with van der Waals surface area (Å²) in [6.45, 7) is 0.467. The summed E-state index contributed by atoms with van der Waals surface area (Å²) in [7, 11) is -3.45. The number of sulfonamides is 1. The second kappa shape index (κ2) is 5.10. The third kappa shape index (κ3) is 3.25. The van der Waals surface area contributed by atoms with Gasteiger partial charge in [0.05, 0.1) is 17.7 Å². The number of carboxylic acid groups (broad SMARTS) is 1. The Bertz CT molecular complexity index is 504. The highest BCUT2D eigenvalue weighted by atomic mass is 32.2. The Balaban J connectivity index is 2.04. The lowest BCUT2D eigenvalue weighted by atomic mass is 10.0. The molecule has 1 saturated carbocycles. The van der Waals surface area contributed by atoms with Crippen molar-refractivity contribution in [2.24, 2.45) is 11.3 Å². The molecule has 0 aromatic heterocycles. The van der Waals surface area contributed by atoms with Crippen molar-refractivity contribution < 1.29 is 18.3 Å². The molecule has 1 atom stereocenters. The fourth-order valence-electron chi connectivity index (χ4n) is 2.59. The van der Waals surface area contributed by atoms with Crippen molar-refractivity contribution in [1.29, 1.82) is 5.26 Å². The normalized spacial score (nSPS) is 26.6. The molecule has 19 heavy (non-hydrogen) atoms. The van der Waals surface area contributed by atoms with Gasteiger partial charge in [-0.3, -0.25) is 4.79 Å². The number of carbonyl (C=O) groups is 1. The van der Waals surface area contributed by atoms with Crippen molar-refractivity contribution in [2.45, 2.75) is 32.1 Å². The number of nitriles is 1. The molecule has 0 amide bonds. The molecular weight excluding hydrogens is 268 g/mol. The smallest absolute Gasteiger partial charge is 0.307 e. The second-order valence-corrected chi connectivity index (χ2v) is 7.60. The highest BCUT2D eigenvalue weighted by Gasteiger charge is 2.47. The van der Waals surface area contributed by atoms with Crippen LogP contribution >= 0.6 is 0 Å². The first-order valence-corrected chi connectivity index (χ1v) is 8.07. The summed E-state index contributed by atoms with van der Waals surface area (Å²) in [6, 6.07) is 2.05. The molecule has 1 unspecified atom stereocenters. The SMILES string of the molecule is N#CCC1(CS(=O)(=O)N2CCCC(C(=O)O)C2)CC1. The summed E-state index contributed by atoms with van der Waals surface area (Å²) >= 11 is 0. The van der Waals surface area contributed by atoms with E-state index in [2.05, 4.69) is 0 Å². The Morgan fingerprint density at radius 2 is 2.16 bits per heavy atom. The van der Waals surface area contributed by atoms with Gasteiger partial charge in [-0.15, -0.1) is 0 Å². The summed E-state index contributed by atoms with van der Waals surface area (Å²) in [6.07, 6.45) is 2.93. The van der Waals surface area contributed by atoms with Crippen LogP contribution in [0.15, 0.2) is 0 Å². The summed E-state index contributed by atoms with van der Waals surface area (Å²) in [5, 5.41) is 17.7. The van der Waals surface area contributed by atoms with Gasteiger partial charge in [-0.2, -0.15) is 5.26 Å². The van der Waals surface area contributed by atoms with E-state index < -0.39 is 21.9 Å². The number of rotatable bonds is 5. The number of piperidine rings is 1. The van der Waals surface area contributed by atoms with Crippen LogP contribution in [0.1, 0.15) is 32.1 Å². The number of hydrogen-bond acceptors (Lipinski definition) is 4. The van der Waals surface area contributed by atoms with E-state index in [9.17, 15) is 13.2 Å². The zero-order chi connectivity index (χ0) is 14.1. The van der Waals surface area contributed by atoms with Crippen molar-refractivity contribution >= 4 is 16.0 Å². The maximum atomic E-state index is 12.3. The maximum Gasteiger partial charge on any atom is 0.307 e. The number of nitrogens with zero attached hydrogens (tertiary/aromatic N) is 2. The molecule has 0 aromatic rings. The lowest BCUT2D eigenvalue weighted by Gasteiger charge is -2.30. The Hall–Kier alpha value is -1.13. The lowest BCUT2D eigenvalue weighted by Crippen LogP contribution is -2.44. The first-order valence-electron chi connectivity index (χ1n) is 6.46. The summed E-state index contributed by atoms with van der Waals surface area (Å²) in [4.78, 5) is 11.0. The van der Waals surface area contributed by atoms with Crippen LogP contribution in [0.2, 0.25) is 0 Å². The molecule has 0 radical (unpaired) electrons. The molecule has 0 bridgehead atoms. The van der Waals surface area contributed by atoms with Gasteiger partial charge in [-0.05, 0) is 31.1 Å². The largest absolute Gasteiger partial charge is 0.481 e. The molecule has 0 aromatic carbocycles. The minimum absolute atomic E-state index is 0.0140. The van der Waals surface area contributed by atoms with E-state index in [-0.39, 0.29) is 24.1 Å². The Morgan fingerprint density at radius 1 is 1.47 bits per heavy atom. The molecule has 1 N–H and O–H groups in total. The van der Waals surface area contributed by atoms with Crippen molar-refractivity contribution in [3.05, 3.63) is 0 Å². The first-order chi connectivity index (χ1) is 8.88. The summed E-state index contributed by atoms with van der Waals surface area (Å²) in [5.41, 5.74) is -0.371. The highest BCUT2D eigenvalue weighted by Crippen LogP contribution is 2.50. The Kier molecular flexibility index (Phi) is 3.83. The molecular formula is C12H18N2O4S. The number of hydrogen-bond donors (Lipinski definition) is 1. The van der Waals surface area contributed by atoms with Crippen LogP contribution in [0, 0.1) is 22.7 Å². The monoisotopic (exact) mass is 286 g/mol. The van der Waals surface area contributed by atoms with Crippen LogP contribution in [0.3, 0.4) is 0 Å². The first kappa shape index (κ1) is 14.3. The van der Waals surface area contributed by atoms with Crippen LogP contribution in [0.25, 0.3) is 0 Å². The van der Waals surface area contributed by atoms with E-state index in [4.69, 9.17) is 10.4 Å². The van der Waals surface area contributed by atoms with Crippen LogP contribution in [0.4, 0.5) is 0 Å². The van der Waals surface area contributed by atoms with E-state index in [0.717, 1.165) is 12.8 Å². The average molecular weight is 286 g/mol. The van der Waals surface area contributed by atoms with Gasteiger partial charge in [0.25, 0.3) is 0 Å². The number of aliphatic carboxylic acids is 1. The van der Waals surface area contributed by atoms with Gasteiger partial charge >= 0.3 is 5.97 Å². The minimum atomic E-state index is -3.45. The zero-order valence-electron chi connectivity index (χ0n) is 10.7. The van der Waals surface area contributed by atoms with Gasteiger partial charge in [-0.25, -0.2) is 12.7 Å². The molecule has 1 heterocycles. The van der Waals surface area contributed by atoms with Crippen molar-refractivity contribution in [3.8, 4) is 6.07 Å². The fourth-order valence-corrected chi connectivity index (χ4v) is 4.75. The molecule has 2 rings (SSSR count). The molecule has 1 saturated heterocycles. The van der Waals surface area contributed by atoms with Crippen molar-refractivity contribution in [2.75, 3.05) is 18.8 Å². The van der Waals surface area contributed by atoms with E-state index in [1.165, 1.54) is 4.31 Å². The average Bonchev–Trinajstić information content (AvgIpc) is 3.08. The summed E-state index contributed by atoms with van der Waals surface area (Å²) in [5.74, 6) is -1.55. The molecule has 6 nitrogen and oxygen atoms in total. The van der Waals surface area contributed by atoms with Crippen LogP contribution in [-0.2, 0) is 14.8 Å². The third-order valence-electron chi connectivity index (χ3n) is 4.03. The van der Waals surface area contributed by atoms with Crippen LogP contribution < -0.4 is 0 Å². The topological polar surface area (TPSA) is 98.5 Å². The predicted octanol–water partition coefficient (Wildman–Crippen LogP) is 0.807. The molecule has 0 spiro atoms. The standard InChI is InChI=1S/C12H18N2O4S/c13-6-5-12(3-4-12)9-19(17,18)14-7-1-2-10(8-14)11(15)16/h10H,1-5,7-9H2,(H,15,16). The van der Waals surface area contributed by atoms with Crippen molar-refractivity contribution in [1.82, 2.24) is 4.31 Å². The number of carboxylic acids is 1. The minimum Gasteiger partial charge on any atom is -0.481 e. The summed E-state index contributed by atoms with van der Waals surface area (Å²) < 4.78 is 25.9.